The van der Waals surface area contributed by atoms with Gasteiger partial charge in [0.05, 0.1) is 5.69 Å². The van der Waals surface area contributed by atoms with Crippen molar-refractivity contribution in [2.45, 2.75) is 0 Å². The first kappa shape index (κ1) is 17.1. The number of benzene rings is 2. The zero-order valence-corrected chi connectivity index (χ0v) is 14.9. The minimum absolute atomic E-state index is 0.217. The van der Waals surface area contributed by atoms with Crippen molar-refractivity contribution in [1.29, 1.82) is 0 Å². The number of hydrogen-bond acceptors (Lipinski definition) is 4. The van der Waals surface area contributed by atoms with Crippen LogP contribution in [-0.4, -0.2) is 19.1 Å². The summed E-state index contributed by atoms with van der Waals surface area (Å²) in [5, 5.41) is 2.78. The molecular weight excluding hydrogens is 386 g/mol. The van der Waals surface area contributed by atoms with Crippen molar-refractivity contribution in [3.8, 4) is 11.5 Å². The number of amides is 1. The summed E-state index contributed by atoms with van der Waals surface area (Å²) >= 11 is 3.18. The van der Waals surface area contributed by atoms with Crippen LogP contribution < -0.4 is 14.8 Å². The summed E-state index contributed by atoms with van der Waals surface area (Å²) in [6.45, 7) is 0.755. The zero-order valence-electron chi connectivity index (χ0n) is 13.3. The number of anilines is 1. The molecule has 0 spiro atoms. The second kappa shape index (κ2) is 8.39. The molecular formula is C19H16BrNO4. The highest BCUT2D eigenvalue weighted by Crippen LogP contribution is 2.25. The monoisotopic (exact) mass is 401 g/mol. The van der Waals surface area contributed by atoms with Gasteiger partial charge in [-0.2, -0.15) is 0 Å². The summed E-state index contributed by atoms with van der Waals surface area (Å²) in [5.41, 5.74) is 0.569. The predicted octanol–water partition coefficient (Wildman–Crippen LogP) is 4.75. The van der Waals surface area contributed by atoms with Crippen molar-refractivity contribution in [1.82, 2.24) is 0 Å². The Hall–Kier alpha value is -2.73. The summed E-state index contributed by atoms with van der Waals surface area (Å²) in [5.74, 6) is 1.23. The van der Waals surface area contributed by atoms with E-state index in [-0.39, 0.29) is 11.7 Å². The van der Waals surface area contributed by atoms with E-state index in [4.69, 9.17) is 13.9 Å². The van der Waals surface area contributed by atoms with Crippen molar-refractivity contribution in [3.05, 3.63) is 77.2 Å². The largest absolute Gasteiger partial charge is 0.490 e. The summed E-state index contributed by atoms with van der Waals surface area (Å²) in [6.07, 6.45) is 0. The van der Waals surface area contributed by atoms with Crippen LogP contribution in [0, 0.1) is 0 Å². The molecule has 5 nitrogen and oxygen atoms in total. The second-order valence-electron chi connectivity index (χ2n) is 5.06. The van der Waals surface area contributed by atoms with E-state index < -0.39 is 0 Å². The molecule has 6 heteroatoms. The normalized spacial score (nSPS) is 10.3. The van der Waals surface area contributed by atoms with Gasteiger partial charge in [-0.05, 0) is 52.3 Å². The summed E-state index contributed by atoms with van der Waals surface area (Å²) in [6, 6.07) is 20.0. The standard InChI is InChI=1S/C19H16BrNO4/c20-18-11-10-17(25-18)19(22)21-15-8-4-5-9-16(15)24-13-12-23-14-6-2-1-3-7-14/h1-11H,12-13H2,(H,21,22). The first-order valence-electron chi connectivity index (χ1n) is 7.69. The van der Waals surface area contributed by atoms with Gasteiger partial charge in [0.1, 0.15) is 24.7 Å². The third kappa shape index (κ3) is 4.87. The van der Waals surface area contributed by atoms with E-state index in [1.807, 2.05) is 42.5 Å². The Kier molecular flexibility index (Phi) is 5.74. The highest BCUT2D eigenvalue weighted by Gasteiger charge is 2.13. The number of nitrogens with one attached hydrogen (secondary N) is 1. The maximum atomic E-state index is 12.2. The Labute approximate surface area is 153 Å². The summed E-state index contributed by atoms with van der Waals surface area (Å²) in [7, 11) is 0. The molecule has 0 aliphatic carbocycles. The average Bonchev–Trinajstić information content (AvgIpc) is 3.07. The molecule has 1 heterocycles. The van der Waals surface area contributed by atoms with Crippen LogP contribution in [0.15, 0.2) is 75.8 Å². The molecule has 0 fully saturated rings. The van der Waals surface area contributed by atoms with Gasteiger partial charge in [0.2, 0.25) is 0 Å². The van der Waals surface area contributed by atoms with Gasteiger partial charge in [-0.25, -0.2) is 0 Å². The van der Waals surface area contributed by atoms with E-state index in [9.17, 15) is 4.79 Å². The quantitative estimate of drug-likeness (QED) is 0.580. The topological polar surface area (TPSA) is 60.7 Å². The average molecular weight is 402 g/mol. The Bertz CT molecular complexity index is 832. The Morgan fingerprint density at radius 2 is 1.64 bits per heavy atom. The number of carbonyl (C=O) groups is 1. The molecule has 0 saturated heterocycles. The Balaban J connectivity index is 1.56. The van der Waals surface area contributed by atoms with Crippen molar-refractivity contribution >= 4 is 27.5 Å². The lowest BCUT2D eigenvalue weighted by Gasteiger charge is -2.12. The number of ether oxygens (including phenoxy) is 2. The third-order valence-electron chi connectivity index (χ3n) is 3.29. The maximum absolute atomic E-state index is 12.2. The van der Waals surface area contributed by atoms with Gasteiger partial charge in [0.25, 0.3) is 5.91 Å². The van der Waals surface area contributed by atoms with Crippen LogP contribution in [0.5, 0.6) is 11.5 Å². The number of para-hydroxylation sites is 3. The van der Waals surface area contributed by atoms with E-state index in [2.05, 4.69) is 21.2 Å². The number of hydrogen-bond donors (Lipinski definition) is 1. The van der Waals surface area contributed by atoms with Gasteiger partial charge in [-0.3, -0.25) is 4.79 Å². The molecule has 1 aromatic heterocycles. The van der Waals surface area contributed by atoms with Crippen LogP contribution in [0.2, 0.25) is 0 Å². The van der Waals surface area contributed by atoms with Crippen LogP contribution in [0.25, 0.3) is 0 Å². The smallest absolute Gasteiger partial charge is 0.291 e. The lowest BCUT2D eigenvalue weighted by atomic mass is 10.3. The molecule has 1 amide bonds. The van der Waals surface area contributed by atoms with Gasteiger partial charge < -0.3 is 19.2 Å². The van der Waals surface area contributed by atoms with Crippen LogP contribution in [0.3, 0.4) is 0 Å². The van der Waals surface area contributed by atoms with Crippen molar-refractivity contribution < 1.29 is 18.7 Å². The minimum atomic E-state index is -0.345. The lowest BCUT2D eigenvalue weighted by molar-refractivity contribution is 0.0995. The predicted molar refractivity (Wildman–Crippen MR) is 98.2 cm³/mol. The molecule has 0 bridgehead atoms. The first-order valence-corrected chi connectivity index (χ1v) is 8.48. The van der Waals surface area contributed by atoms with Gasteiger partial charge >= 0.3 is 0 Å². The number of halogens is 1. The zero-order chi connectivity index (χ0) is 17.5. The molecule has 2 aromatic carbocycles. The van der Waals surface area contributed by atoms with E-state index in [0.29, 0.717) is 29.3 Å². The van der Waals surface area contributed by atoms with Crippen LogP contribution in [0.1, 0.15) is 10.6 Å². The van der Waals surface area contributed by atoms with Crippen LogP contribution in [-0.2, 0) is 0 Å². The fourth-order valence-corrected chi connectivity index (χ4v) is 2.45. The van der Waals surface area contributed by atoms with E-state index in [0.717, 1.165) is 5.75 Å². The fourth-order valence-electron chi connectivity index (χ4n) is 2.14. The molecule has 0 atom stereocenters. The second-order valence-corrected chi connectivity index (χ2v) is 5.85. The third-order valence-corrected chi connectivity index (χ3v) is 3.71. The molecule has 0 unspecified atom stereocenters. The molecule has 3 aromatic rings. The number of rotatable bonds is 7. The van der Waals surface area contributed by atoms with Crippen LogP contribution in [0.4, 0.5) is 5.69 Å². The molecule has 0 saturated carbocycles. The molecule has 0 aliphatic heterocycles. The van der Waals surface area contributed by atoms with Crippen molar-refractivity contribution in [2.24, 2.45) is 0 Å². The lowest BCUT2D eigenvalue weighted by Crippen LogP contribution is -2.14. The highest BCUT2D eigenvalue weighted by molar-refractivity contribution is 9.10. The Morgan fingerprint density at radius 3 is 2.40 bits per heavy atom. The summed E-state index contributed by atoms with van der Waals surface area (Å²) < 4.78 is 17.1. The number of furan rings is 1. The van der Waals surface area contributed by atoms with E-state index in [1.165, 1.54) is 0 Å². The first-order chi connectivity index (χ1) is 12.2. The van der Waals surface area contributed by atoms with Gasteiger partial charge in [-0.1, -0.05) is 30.3 Å². The SMILES string of the molecule is O=C(Nc1ccccc1OCCOc1ccccc1)c1ccc(Br)o1. The Morgan fingerprint density at radius 1 is 0.920 bits per heavy atom. The highest BCUT2D eigenvalue weighted by atomic mass is 79.9. The molecule has 0 aliphatic rings. The molecule has 0 radical (unpaired) electrons. The molecule has 25 heavy (non-hydrogen) atoms. The molecule has 1 N–H and O–H groups in total. The maximum Gasteiger partial charge on any atom is 0.291 e. The fraction of sp³-hybridized carbons (Fsp3) is 0.105. The van der Waals surface area contributed by atoms with E-state index in [1.54, 1.807) is 24.3 Å². The van der Waals surface area contributed by atoms with Gasteiger partial charge in [-0.15, -0.1) is 0 Å². The number of carbonyl (C=O) groups excluding carboxylic acids is 1. The molecule has 128 valence electrons. The van der Waals surface area contributed by atoms with Crippen molar-refractivity contribution in [2.75, 3.05) is 18.5 Å². The van der Waals surface area contributed by atoms with E-state index >= 15 is 0 Å². The van der Waals surface area contributed by atoms with Gasteiger partial charge in [0.15, 0.2) is 10.4 Å². The summed E-state index contributed by atoms with van der Waals surface area (Å²) in [4.78, 5) is 12.2. The van der Waals surface area contributed by atoms with Gasteiger partial charge in [0, 0.05) is 0 Å². The minimum Gasteiger partial charge on any atom is -0.490 e. The van der Waals surface area contributed by atoms with Crippen molar-refractivity contribution in [3.63, 3.8) is 0 Å². The van der Waals surface area contributed by atoms with Crippen LogP contribution >= 0.6 is 15.9 Å². The molecule has 3 rings (SSSR count).